The van der Waals surface area contributed by atoms with E-state index >= 15 is 0 Å². The van der Waals surface area contributed by atoms with Gasteiger partial charge in [0, 0.05) is 50.2 Å². The maximum Gasteiger partial charge on any atom is 0.257 e. The van der Waals surface area contributed by atoms with E-state index in [4.69, 9.17) is 17.3 Å². The molecule has 1 amide bonds. The van der Waals surface area contributed by atoms with Crippen LogP contribution in [0.3, 0.4) is 0 Å². The third-order valence-corrected chi connectivity index (χ3v) is 7.63. The third kappa shape index (κ3) is 5.09. The highest BCUT2D eigenvalue weighted by molar-refractivity contribution is 6.34. The van der Waals surface area contributed by atoms with Crippen LogP contribution < -0.4 is 5.73 Å². The predicted molar refractivity (Wildman–Crippen MR) is 138 cm³/mol. The van der Waals surface area contributed by atoms with Gasteiger partial charge >= 0.3 is 0 Å². The number of aliphatic hydroxyl groups excluding tert-OH is 1. The molecule has 4 rings (SSSR count). The first-order valence-corrected chi connectivity index (χ1v) is 12.4. The zero-order chi connectivity index (χ0) is 24.4. The Morgan fingerprint density at radius 2 is 1.71 bits per heavy atom. The Balaban J connectivity index is 1.32. The number of hydrogen-bond acceptors (Lipinski definition) is 5. The van der Waals surface area contributed by atoms with Crippen LogP contribution in [0.25, 0.3) is 0 Å². The highest BCUT2D eigenvalue weighted by Gasteiger charge is 2.32. The van der Waals surface area contributed by atoms with Crippen LogP contribution in [-0.2, 0) is 0 Å². The van der Waals surface area contributed by atoms with E-state index in [1.54, 1.807) is 25.1 Å². The first-order chi connectivity index (χ1) is 16.3. The van der Waals surface area contributed by atoms with Gasteiger partial charge in [-0.25, -0.2) is 0 Å². The molecular weight excluding hydrogens is 448 g/mol. The molecular formula is C27H35ClN4O2. The largest absolute Gasteiger partial charge is 0.398 e. The number of rotatable bonds is 5. The number of hydrogen-bond donors (Lipinski definition) is 2. The van der Waals surface area contributed by atoms with Crippen molar-refractivity contribution in [1.29, 1.82) is 0 Å². The van der Waals surface area contributed by atoms with Gasteiger partial charge in [0.05, 0.1) is 22.7 Å². The van der Waals surface area contributed by atoms with E-state index in [1.807, 2.05) is 17.0 Å². The lowest BCUT2D eigenvalue weighted by molar-refractivity contribution is 0.0537. The topological polar surface area (TPSA) is 73.0 Å². The van der Waals surface area contributed by atoms with Gasteiger partial charge in [-0.3, -0.25) is 9.69 Å². The summed E-state index contributed by atoms with van der Waals surface area (Å²) in [6.45, 7) is 12.5. The van der Waals surface area contributed by atoms with E-state index < -0.39 is 6.10 Å². The van der Waals surface area contributed by atoms with E-state index in [2.05, 4.69) is 35.4 Å². The molecule has 1 unspecified atom stereocenters. The summed E-state index contributed by atoms with van der Waals surface area (Å²) in [6.07, 6.45) is 1.41. The number of nitrogens with two attached hydrogens (primary N) is 1. The lowest BCUT2D eigenvalue weighted by Crippen LogP contribution is -2.53. The van der Waals surface area contributed by atoms with Crippen molar-refractivity contribution in [3.8, 4) is 0 Å². The maximum absolute atomic E-state index is 13.0. The van der Waals surface area contributed by atoms with Crippen LogP contribution >= 0.6 is 11.6 Å². The summed E-state index contributed by atoms with van der Waals surface area (Å²) >= 11 is 6.25. The molecule has 0 bridgehead atoms. The SMILES string of the molecule is C=C1CN(C2CCN(C(=O)c3c(N)cccc3Cl)CC2)CCN1[C@@H](C)c1ccc(C(C)O)cc1. The molecule has 2 aromatic rings. The molecule has 2 atom stereocenters. The van der Waals surface area contributed by atoms with Crippen molar-refractivity contribution in [2.45, 2.75) is 44.9 Å². The summed E-state index contributed by atoms with van der Waals surface area (Å²) in [7, 11) is 0. The molecule has 2 heterocycles. The summed E-state index contributed by atoms with van der Waals surface area (Å²) in [5, 5.41) is 10.2. The van der Waals surface area contributed by atoms with Gasteiger partial charge < -0.3 is 20.6 Å². The van der Waals surface area contributed by atoms with Gasteiger partial charge in [0.25, 0.3) is 5.91 Å². The number of anilines is 1. The second-order valence-electron chi connectivity index (χ2n) is 9.48. The average molecular weight is 483 g/mol. The minimum atomic E-state index is -0.452. The van der Waals surface area contributed by atoms with Crippen LogP contribution in [0.2, 0.25) is 5.02 Å². The van der Waals surface area contributed by atoms with Gasteiger partial charge in [0.2, 0.25) is 0 Å². The predicted octanol–water partition coefficient (Wildman–Crippen LogP) is 4.47. The molecule has 0 spiro atoms. The van der Waals surface area contributed by atoms with E-state index in [1.165, 1.54) is 5.56 Å². The van der Waals surface area contributed by atoms with Crippen LogP contribution in [0.4, 0.5) is 5.69 Å². The number of aliphatic hydroxyl groups is 1. The highest BCUT2D eigenvalue weighted by Crippen LogP contribution is 2.30. The number of halogens is 1. The van der Waals surface area contributed by atoms with Gasteiger partial charge in [-0.15, -0.1) is 0 Å². The molecule has 2 aliphatic heterocycles. The molecule has 7 heteroatoms. The van der Waals surface area contributed by atoms with Gasteiger partial charge in [-0.2, -0.15) is 0 Å². The number of piperidine rings is 1. The molecule has 182 valence electrons. The Kier molecular flexibility index (Phi) is 7.51. The zero-order valence-electron chi connectivity index (χ0n) is 20.1. The van der Waals surface area contributed by atoms with Gasteiger partial charge in [-0.1, -0.05) is 48.5 Å². The zero-order valence-corrected chi connectivity index (χ0v) is 20.8. The number of amides is 1. The number of likely N-dealkylation sites (tertiary alicyclic amines) is 1. The number of carbonyl (C=O) groups excluding carboxylic acids is 1. The summed E-state index contributed by atoms with van der Waals surface area (Å²) in [5.74, 6) is -0.0776. The summed E-state index contributed by atoms with van der Waals surface area (Å²) in [4.78, 5) is 19.8. The molecule has 2 aromatic carbocycles. The monoisotopic (exact) mass is 482 g/mol. The van der Waals surface area contributed by atoms with Crippen molar-refractivity contribution in [2.24, 2.45) is 0 Å². The van der Waals surface area contributed by atoms with Crippen molar-refractivity contribution < 1.29 is 9.90 Å². The lowest BCUT2D eigenvalue weighted by Gasteiger charge is -2.46. The minimum Gasteiger partial charge on any atom is -0.398 e. The van der Waals surface area contributed by atoms with Crippen LogP contribution in [0.1, 0.15) is 60.3 Å². The molecule has 0 aliphatic carbocycles. The second-order valence-corrected chi connectivity index (χ2v) is 9.88. The van der Waals surface area contributed by atoms with E-state index in [0.717, 1.165) is 43.7 Å². The third-order valence-electron chi connectivity index (χ3n) is 7.32. The molecule has 6 nitrogen and oxygen atoms in total. The first-order valence-electron chi connectivity index (χ1n) is 12.1. The Bertz CT molecular complexity index is 1010. The number of nitrogens with zero attached hydrogens (tertiary/aromatic N) is 3. The van der Waals surface area contributed by atoms with Crippen molar-refractivity contribution in [3.63, 3.8) is 0 Å². The summed E-state index contributed by atoms with van der Waals surface area (Å²) in [5.41, 5.74) is 10.2. The fourth-order valence-corrected chi connectivity index (χ4v) is 5.43. The molecule has 34 heavy (non-hydrogen) atoms. The minimum absolute atomic E-state index is 0.0776. The summed E-state index contributed by atoms with van der Waals surface area (Å²) in [6, 6.07) is 14.1. The van der Waals surface area contributed by atoms with Crippen molar-refractivity contribution in [3.05, 3.63) is 76.5 Å². The molecule has 0 aromatic heterocycles. The van der Waals surface area contributed by atoms with E-state index in [9.17, 15) is 9.90 Å². The average Bonchev–Trinajstić information content (AvgIpc) is 2.83. The lowest BCUT2D eigenvalue weighted by atomic mass is 9.99. The first kappa shape index (κ1) is 24.6. The quantitative estimate of drug-likeness (QED) is 0.615. The Labute approximate surface area is 207 Å². The highest BCUT2D eigenvalue weighted by atomic mass is 35.5. The molecule has 0 radical (unpaired) electrons. The standard InChI is InChI=1S/C27H35ClN4O2/c1-18-17-31(15-16-32(18)19(2)21-7-9-22(10-8-21)20(3)33)23-11-13-30(14-12-23)27(34)26-24(28)5-4-6-25(26)29/h4-10,19-20,23,33H,1,11-17,29H2,2-3H3/t19-,20?/m0/s1. The molecule has 0 saturated carbocycles. The van der Waals surface area contributed by atoms with Crippen LogP contribution in [0.5, 0.6) is 0 Å². The van der Waals surface area contributed by atoms with Gasteiger partial charge in [-0.05, 0) is 49.9 Å². The smallest absolute Gasteiger partial charge is 0.257 e. The molecule has 3 N–H and O–H groups in total. The molecule has 2 aliphatic rings. The van der Waals surface area contributed by atoms with Crippen molar-refractivity contribution in [2.75, 3.05) is 38.5 Å². The van der Waals surface area contributed by atoms with Crippen LogP contribution in [0, 0.1) is 0 Å². The Morgan fingerprint density at radius 3 is 2.29 bits per heavy atom. The van der Waals surface area contributed by atoms with E-state index in [-0.39, 0.29) is 11.9 Å². The molecule has 2 fully saturated rings. The number of carbonyl (C=O) groups is 1. The Hall–Kier alpha value is -2.54. The normalized spacial score (nSPS) is 19.8. The number of piperazine rings is 1. The Morgan fingerprint density at radius 1 is 1.06 bits per heavy atom. The van der Waals surface area contributed by atoms with E-state index in [0.29, 0.717) is 35.4 Å². The van der Waals surface area contributed by atoms with Crippen molar-refractivity contribution >= 4 is 23.2 Å². The fraction of sp³-hybridized carbons (Fsp3) is 0.444. The van der Waals surface area contributed by atoms with Gasteiger partial charge in [0.15, 0.2) is 0 Å². The maximum atomic E-state index is 13.0. The van der Waals surface area contributed by atoms with Gasteiger partial charge in [0.1, 0.15) is 0 Å². The fourth-order valence-electron chi connectivity index (χ4n) is 5.17. The second kappa shape index (κ2) is 10.4. The van der Waals surface area contributed by atoms with Crippen LogP contribution in [-0.4, -0.2) is 64.5 Å². The van der Waals surface area contributed by atoms with Crippen molar-refractivity contribution in [1.82, 2.24) is 14.7 Å². The summed E-state index contributed by atoms with van der Waals surface area (Å²) < 4.78 is 0. The number of benzene rings is 2. The van der Waals surface area contributed by atoms with Crippen LogP contribution in [0.15, 0.2) is 54.7 Å². The number of nitrogen functional groups attached to an aromatic ring is 1. The molecule has 2 saturated heterocycles.